The highest BCUT2D eigenvalue weighted by atomic mass is 16.5. The van der Waals surface area contributed by atoms with Crippen LogP contribution in [0.2, 0.25) is 0 Å². The first-order valence-electron chi connectivity index (χ1n) is 14.6. The van der Waals surface area contributed by atoms with E-state index in [9.17, 15) is 0 Å². The van der Waals surface area contributed by atoms with Gasteiger partial charge in [-0.1, -0.05) is 49.6 Å². The monoisotopic (exact) mass is 446 g/mol. The van der Waals surface area contributed by atoms with Gasteiger partial charge in [-0.2, -0.15) is 0 Å². The first-order chi connectivity index (χ1) is 16.4. The van der Waals surface area contributed by atoms with Crippen LogP contribution in [0, 0.1) is 11.8 Å². The molecule has 3 heteroatoms. The van der Waals surface area contributed by atoms with Crippen LogP contribution >= 0.6 is 0 Å². The lowest BCUT2D eigenvalue weighted by Gasteiger charge is -2.66. The minimum Gasteiger partial charge on any atom is -0.372 e. The predicted molar refractivity (Wildman–Crippen MR) is 131 cm³/mol. The summed E-state index contributed by atoms with van der Waals surface area (Å²) >= 11 is 0. The molecule has 1 aromatic rings. The summed E-state index contributed by atoms with van der Waals surface area (Å²) < 4.78 is 6.96. The molecule has 33 heavy (non-hydrogen) atoms. The zero-order valence-corrected chi connectivity index (χ0v) is 20.2. The number of rotatable bonds is 1. The predicted octanol–water partition coefficient (Wildman–Crippen LogP) is 5.74. The molecule has 3 heterocycles. The van der Waals surface area contributed by atoms with Crippen LogP contribution in [-0.4, -0.2) is 58.3 Å². The molecule has 7 aliphatic rings. The molecule has 0 aromatic heterocycles. The third-order valence-electron chi connectivity index (χ3n) is 11.6. The summed E-state index contributed by atoms with van der Waals surface area (Å²) in [4.78, 5) is 6.39. The summed E-state index contributed by atoms with van der Waals surface area (Å²) in [5, 5.41) is 0. The highest BCUT2D eigenvalue weighted by Gasteiger charge is 2.65. The first kappa shape index (κ1) is 20.3. The van der Waals surface area contributed by atoms with E-state index in [-0.39, 0.29) is 0 Å². The molecule has 3 nitrogen and oxygen atoms in total. The Morgan fingerprint density at radius 1 is 0.576 bits per heavy atom. The molecule has 1 aromatic carbocycles. The second kappa shape index (κ2) is 7.80. The second-order valence-electron chi connectivity index (χ2n) is 12.8. The van der Waals surface area contributed by atoms with E-state index >= 15 is 0 Å². The summed E-state index contributed by atoms with van der Waals surface area (Å²) in [7, 11) is 0. The number of piperazine rings is 1. The van der Waals surface area contributed by atoms with Crippen molar-refractivity contribution in [1.82, 2.24) is 9.80 Å². The maximum absolute atomic E-state index is 6.96. The van der Waals surface area contributed by atoms with E-state index in [1.165, 1.54) is 83.5 Å². The van der Waals surface area contributed by atoms with Gasteiger partial charge in [0.25, 0.3) is 0 Å². The van der Waals surface area contributed by atoms with Crippen molar-refractivity contribution in [3.8, 4) is 0 Å². The molecule has 4 aliphatic carbocycles. The molecule has 8 rings (SSSR count). The van der Waals surface area contributed by atoms with Gasteiger partial charge in [-0.25, -0.2) is 0 Å². The van der Waals surface area contributed by atoms with Gasteiger partial charge in [0.1, 0.15) is 0 Å². The minimum atomic E-state index is 0.518. The lowest BCUT2D eigenvalue weighted by atomic mass is 9.67. The van der Waals surface area contributed by atoms with Crippen LogP contribution < -0.4 is 0 Å². The van der Waals surface area contributed by atoms with E-state index < -0.39 is 0 Å². The molecule has 11 unspecified atom stereocenters. The zero-order chi connectivity index (χ0) is 21.5. The number of nitrogens with zero attached hydrogens (tertiary/aromatic N) is 2. The van der Waals surface area contributed by atoms with Crippen molar-refractivity contribution >= 4 is 0 Å². The van der Waals surface area contributed by atoms with E-state index in [0.29, 0.717) is 18.2 Å². The van der Waals surface area contributed by atoms with E-state index in [4.69, 9.17) is 4.74 Å². The number of hydrogen-bond donors (Lipinski definition) is 0. The van der Waals surface area contributed by atoms with E-state index in [1.807, 2.05) is 0 Å². The summed E-state index contributed by atoms with van der Waals surface area (Å²) in [6, 6.07) is 16.2. The van der Waals surface area contributed by atoms with Gasteiger partial charge >= 0.3 is 0 Å². The topological polar surface area (TPSA) is 15.7 Å². The highest BCUT2D eigenvalue weighted by molar-refractivity contribution is 5.24. The Balaban J connectivity index is 1.17. The molecule has 0 bridgehead atoms. The van der Waals surface area contributed by atoms with Crippen LogP contribution in [0.15, 0.2) is 30.3 Å². The summed E-state index contributed by atoms with van der Waals surface area (Å²) in [6.07, 6.45) is 19.4. The molecule has 11 atom stereocenters. The van der Waals surface area contributed by atoms with Gasteiger partial charge < -0.3 is 4.74 Å². The fourth-order valence-electron chi connectivity index (χ4n) is 10.6. The van der Waals surface area contributed by atoms with Crippen LogP contribution in [0.3, 0.4) is 0 Å². The molecule has 0 amide bonds. The van der Waals surface area contributed by atoms with Crippen molar-refractivity contribution in [3.63, 3.8) is 0 Å². The fourth-order valence-corrected chi connectivity index (χ4v) is 10.6. The molecule has 0 spiro atoms. The summed E-state index contributed by atoms with van der Waals surface area (Å²) in [5.41, 5.74) is 1.61. The largest absolute Gasteiger partial charge is 0.372 e. The second-order valence-corrected chi connectivity index (χ2v) is 12.8. The smallest absolute Gasteiger partial charge is 0.0750 e. The van der Waals surface area contributed by atoms with Gasteiger partial charge in [-0.05, 0) is 87.5 Å². The lowest BCUT2D eigenvalue weighted by molar-refractivity contribution is -0.238. The van der Waals surface area contributed by atoms with Gasteiger partial charge in [0.15, 0.2) is 0 Å². The standard InChI is InChI=1S/C30H42N2O/c1-2-8-19(9-3-1)20-16-17-23-22(18-20)21-10-6-12-25-29(21)31(23)26-13-7-15-28-30(26)32(25)24-11-4-5-14-27(24)33-28/h1-3,8-9,20-30H,4-7,10-18H2. The van der Waals surface area contributed by atoms with Crippen molar-refractivity contribution in [2.75, 3.05) is 0 Å². The quantitative estimate of drug-likeness (QED) is 0.547. The van der Waals surface area contributed by atoms with Gasteiger partial charge in [-0.3, -0.25) is 9.80 Å². The Morgan fingerprint density at radius 3 is 2.21 bits per heavy atom. The maximum Gasteiger partial charge on any atom is 0.0750 e. The summed E-state index contributed by atoms with van der Waals surface area (Å²) in [5.74, 6) is 2.68. The number of morpholine rings is 1. The van der Waals surface area contributed by atoms with Gasteiger partial charge in [0.05, 0.1) is 18.2 Å². The third-order valence-corrected chi connectivity index (χ3v) is 11.6. The Hall–Kier alpha value is -0.900. The van der Waals surface area contributed by atoms with E-state index in [1.54, 1.807) is 5.56 Å². The van der Waals surface area contributed by atoms with E-state index in [2.05, 4.69) is 40.1 Å². The van der Waals surface area contributed by atoms with Crippen LogP contribution in [0.5, 0.6) is 0 Å². The zero-order valence-electron chi connectivity index (χ0n) is 20.2. The molecule has 7 fully saturated rings. The minimum absolute atomic E-state index is 0.518. The van der Waals surface area contributed by atoms with Crippen LogP contribution in [0.1, 0.15) is 95.0 Å². The number of hydrogen-bond acceptors (Lipinski definition) is 3. The average molecular weight is 447 g/mol. The van der Waals surface area contributed by atoms with Gasteiger partial charge in [0, 0.05) is 30.2 Å². The normalized spacial score (nSPS) is 51.2. The van der Waals surface area contributed by atoms with Gasteiger partial charge in [-0.15, -0.1) is 0 Å². The Kier molecular flexibility index (Phi) is 4.80. The van der Waals surface area contributed by atoms with Crippen molar-refractivity contribution in [2.24, 2.45) is 11.8 Å². The van der Waals surface area contributed by atoms with Crippen molar-refractivity contribution in [1.29, 1.82) is 0 Å². The Bertz CT molecular complexity index is 873. The molecule has 0 radical (unpaired) electrons. The van der Waals surface area contributed by atoms with Crippen molar-refractivity contribution in [2.45, 2.75) is 138 Å². The maximum atomic E-state index is 6.96. The molecule has 3 aliphatic heterocycles. The molecule has 0 N–H and O–H groups in total. The van der Waals surface area contributed by atoms with Gasteiger partial charge in [0.2, 0.25) is 0 Å². The SMILES string of the molecule is c1ccc(C2CCC3C(C2)C2CCCC4C2N3C2CCCC3OC5CCCCC5N4C32)cc1. The van der Waals surface area contributed by atoms with Crippen LogP contribution in [0.25, 0.3) is 0 Å². The number of ether oxygens (including phenoxy) is 1. The Morgan fingerprint density at radius 2 is 1.30 bits per heavy atom. The molecule has 4 saturated carbocycles. The fraction of sp³-hybridized carbons (Fsp3) is 0.800. The molecular formula is C30H42N2O. The molecule has 178 valence electrons. The number of benzene rings is 1. The summed E-state index contributed by atoms with van der Waals surface area (Å²) in [6.45, 7) is 0. The highest BCUT2D eigenvalue weighted by Crippen LogP contribution is 2.58. The van der Waals surface area contributed by atoms with Crippen molar-refractivity contribution in [3.05, 3.63) is 35.9 Å². The lowest BCUT2D eigenvalue weighted by Crippen LogP contribution is -2.78. The molecular weight excluding hydrogens is 404 g/mol. The van der Waals surface area contributed by atoms with Crippen LogP contribution in [0.4, 0.5) is 0 Å². The number of fused-ring (bicyclic) bond motifs is 7. The Labute approximate surface area is 200 Å². The first-order valence-corrected chi connectivity index (χ1v) is 14.6. The van der Waals surface area contributed by atoms with Crippen molar-refractivity contribution < 1.29 is 4.74 Å². The average Bonchev–Trinajstić information content (AvgIpc) is 3.21. The van der Waals surface area contributed by atoms with E-state index in [0.717, 1.165) is 48.0 Å². The van der Waals surface area contributed by atoms with Crippen LogP contribution in [-0.2, 0) is 4.74 Å². The molecule has 3 saturated heterocycles. The third kappa shape index (κ3) is 2.91.